The third-order valence-corrected chi connectivity index (χ3v) is 4.61. The fraction of sp³-hybridized carbons (Fsp3) is 0.368. The highest BCUT2D eigenvalue weighted by Gasteiger charge is 2.26. The van der Waals surface area contributed by atoms with Gasteiger partial charge in [-0.25, -0.2) is 4.79 Å². The van der Waals surface area contributed by atoms with E-state index in [2.05, 4.69) is 0 Å². The molecule has 1 saturated heterocycles. The zero-order valence-electron chi connectivity index (χ0n) is 13.6. The van der Waals surface area contributed by atoms with E-state index in [-0.39, 0.29) is 5.91 Å². The number of carboxylic acids is 1. The summed E-state index contributed by atoms with van der Waals surface area (Å²) in [5.41, 5.74) is 1.44. The van der Waals surface area contributed by atoms with Crippen LogP contribution >= 0.6 is 0 Å². The molecule has 0 unspecified atom stereocenters. The van der Waals surface area contributed by atoms with Crippen molar-refractivity contribution in [2.24, 2.45) is 5.92 Å². The summed E-state index contributed by atoms with van der Waals surface area (Å²) in [6.07, 6.45) is 6.38. The van der Waals surface area contributed by atoms with E-state index in [1.807, 2.05) is 46.1 Å². The fourth-order valence-corrected chi connectivity index (χ4v) is 3.24. The zero-order chi connectivity index (χ0) is 16.9. The molecule has 1 fully saturated rings. The Morgan fingerprint density at radius 1 is 1.12 bits per heavy atom. The average molecular weight is 326 g/mol. The Hall–Kier alpha value is -2.56. The largest absolute Gasteiger partial charge is 0.478 e. The molecular weight excluding hydrogens is 304 g/mol. The first-order valence-electron chi connectivity index (χ1n) is 8.32. The van der Waals surface area contributed by atoms with Gasteiger partial charge in [0.05, 0.1) is 5.56 Å². The van der Waals surface area contributed by atoms with E-state index in [0.717, 1.165) is 38.0 Å². The Kier molecular flexibility index (Phi) is 4.99. The van der Waals surface area contributed by atoms with Gasteiger partial charge >= 0.3 is 5.97 Å². The van der Waals surface area contributed by atoms with Gasteiger partial charge in [0.1, 0.15) is 0 Å². The number of aromatic nitrogens is 1. The number of hydrogen-bond donors (Lipinski definition) is 1. The summed E-state index contributed by atoms with van der Waals surface area (Å²) in [5, 5.41) is 8.93. The first-order valence-corrected chi connectivity index (χ1v) is 8.32. The fourth-order valence-electron chi connectivity index (χ4n) is 3.24. The number of amides is 1. The van der Waals surface area contributed by atoms with Gasteiger partial charge in [-0.05, 0) is 48.6 Å². The molecule has 1 aromatic carbocycles. The van der Waals surface area contributed by atoms with Crippen molar-refractivity contribution in [3.63, 3.8) is 0 Å². The van der Waals surface area contributed by atoms with Crippen molar-refractivity contribution in [1.82, 2.24) is 9.47 Å². The Labute approximate surface area is 141 Å². The third-order valence-electron chi connectivity index (χ3n) is 4.61. The van der Waals surface area contributed by atoms with Crippen LogP contribution in [0.2, 0.25) is 0 Å². The van der Waals surface area contributed by atoms with Gasteiger partial charge in [0.25, 0.3) is 0 Å². The Bertz CT molecular complexity index is 692. The van der Waals surface area contributed by atoms with Gasteiger partial charge < -0.3 is 14.6 Å². The summed E-state index contributed by atoms with van der Waals surface area (Å²) in [6.45, 7) is 2.34. The van der Waals surface area contributed by atoms with E-state index in [0.29, 0.717) is 17.9 Å². The summed E-state index contributed by atoms with van der Waals surface area (Å²) >= 11 is 0. The maximum atomic E-state index is 12.3. The van der Waals surface area contributed by atoms with Crippen molar-refractivity contribution in [1.29, 1.82) is 0 Å². The van der Waals surface area contributed by atoms with E-state index < -0.39 is 5.97 Å². The van der Waals surface area contributed by atoms with Crippen LogP contribution in [-0.4, -0.2) is 39.5 Å². The number of hydrogen-bond acceptors (Lipinski definition) is 2. The molecule has 1 amide bonds. The predicted octanol–water partition coefficient (Wildman–Crippen LogP) is 2.67. The van der Waals surface area contributed by atoms with Crippen LogP contribution in [0.3, 0.4) is 0 Å². The maximum Gasteiger partial charge on any atom is 0.335 e. The monoisotopic (exact) mass is 326 g/mol. The Balaban J connectivity index is 1.47. The number of nitrogens with zero attached hydrogens (tertiary/aromatic N) is 2. The molecular formula is C19H22N2O3. The van der Waals surface area contributed by atoms with Crippen molar-refractivity contribution in [3.8, 4) is 0 Å². The highest BCUT2D eigenvalue weighted by molar-refractivity contribution is 5.87. The van der Waals surface area contributed by atoms with Crippen molar-refractivity contribution >= 4 is 11.9 Å². The van der Waals surface area contributed by atoms with Crippen LogP contribution in [0.4, 0.5) is 0 Å². The molecule has 1 aliphatic heterocycles. The van der Waals surface area contributed by atoms with Gasteiger partial charge in [0.2, 0.25) is 5.91 Å². The van der Waals surface area contributed by atoms with Crippen LogP contribution in [0.25, 0.3) is 0 Å². The second-order valence-corrected chi connectivity index (χ2v) is 6.37. The van der Waals surface area contributed by atoms with Gasteiger partial charge in [0, 0.05) is 38.4 Å². The van der Waals surface area contributed by atoms with Gasteiger partial charge in [-0.1, -0.05) is 12.1 Å². The molecule has 3 rings (SSSR count). The van der Waals surface area contributed by atoms with Gasteiger partial charge in [0.15, 0.2) is 0 Å². The molecule has 2 aromatic rings. The van der Waals surface area contributed by atoms with Crippen LogP contribution < -0.4 is 0 Å². The Morgan fingerprint density at radius 2 is 1.83 bits per heavy atom. The zero-order valence-corrected chi connectivity index (χ0v) is 13.6. The smallest absolute Gasteiger partial charge is 0.335 e. The van der Waals surface area contributed by atoms with E-state index >= 15 is 0 Å². The SMILES string of the molecule is O=C(O)c1ccc(C[C@@H]2CCN(C(=O)CCn3cccc3)C2)cc1. The third kappa shape index (κ3) is 4.04. The van der Waals surface area contributed by atoms with Crippen molar-refractivity contribution in [2.75, 3.05) is 13.1 Å². The van der Waals surface area contributed by atoms with Crippen LogP contribution in [0.5, 0.6) is 0 Å². The number of carbonyl (C=O) groups is 2. The van der Waals surface area contributed by atoms with Crippen LogP contribution in [0, 0.1) is 5.92 Å². The minimum absolute atomic E-state index is 0.215. The summed E-state index contributed by atoms with van der Waals surface area (Å²) in [5.74, 6) is -0.231. The first-order chi connectivity index (χ1) is 11.6. The van der Waals surface area contributed by atoms with Crippen LogP contribution in [0.15, 0.2) is 48.8 Å². The molecule has 1 aliphatic rings. The molecule has 0 saturated carbocycles. The molecule has 0 bridgehead atoms. The number of benzene rings is 1. The molecule has 5 heteroatoms. The summed E-state index contributed by atoms with van der Waals surface area (Å²) in [7, 11) is 0. The van der Waals surface area contributed by atoms with Crippen molar-refractivity contribution in [3.05, 3.63) is 59.9 Å². The molecule has 0 aliphatic carbocycles. The van der Waals surface area contributed by atoms with Gasteiger partial charge in [-0.2, -0.15) is 0 Å². The lowest BCUT2D eigenvalue weighted by Gasteiger charge is -2.17. The van der Waals surface area contributed by atoms with Crippen LogP contribution in [-0.2, 0) is 17.8 Å². The quantitative estimate of drug-likeness (QED) is 0.888. The molecule has 2 heterocycles. The molecule has 24 heavy (non-hydrogen) atoms. The number of aromatic carboxylic acids is 1. The number of rotatable bonds is 6. The van der Waals surface area contributed by atoms with Gasteiger partial charge in [-0.15, -0.1) is 0 Å². The molecule has 126 valence electrons. The van der Waals surface area contributed by atoms with E-state index in [1.54, 1.807) is 12.1 Å². The average Bonchev–Trinajstić information content (AvgIpc) is 3.25. The van der Waals surface area contributed by atoms with E-state index in [4.69, 9.17) is 5.11 Å². The minimum atomic E-state index is -0.901. The number of carbonyl (C=O) groups excluding carboxylic acids is 1. The van der Waals surface area contributed by atoms with E-state index in [1.165, 1.54) is 0 Å². The molecule has 0 radical (unpaired) electrons. The highest BCUT2D eigenvalue weighted by atomic mass is 16.4. The summed E-state index contributed by atoms with van der Waals surface area (Å²) in [4.78, 5) is 25.1. The number of likely N-dealkylation sites (tertiary alicyclic amines) is 1. The minimum Gasteiger partial charge on any atom is -0.478 e. The normalized spacial score (nSPS) is 17.2. The highest BCUT2D eigenvalue weighted by Crippen LogP contribution is 2.22. The first kappa shape index (κ1) is 16.3. The summed E-state index contributed by atoms with van der Waals surface area (Å²) in [6, 6.07) is 11.0. The van der Waals surface area contributed by atoms with Gasteiger partial charge in [-0.3, -0.25) is 4.79 Å². The Morgan fingerprint density at radius 3 is 2.50 bits per heavy atom. The molecule has 5 nitrogen and oxygen atoms in total. The summed E-state index contributed by atoms with van der Waals surface area (Å²) < 4.78 is 2.02. The topological polar surface area (TPSA) is 62.5 Å². The lowest BCUT2D eigenvalue weighted by molar-refractivity contribution is -0.130. The number of carboxylic acid groups (broad SMARTS) is 1. The van der Waals surface area contributed by atoms with E-state index in [9.17, 15) is 9.59 Å². The predicted molar refractivity (Wildman–Crippen MR) is 90.8 cm³/mol. The standard InChI is InChI=1S/C19H22N2O3/c22-18(8-11-20-9-1-2-10-20)21-12-7-16(14-21)13-15-3-5-17(6-4-15)19(23)24/h1-6,9-10,16H,7-8,11-14H2,(H,23,24)/t16-/m0/s1. The molecule has 0 spiro atoms. The van der Waals surface area contributed by atoms with Crippen LogP contribution in [0.1, 0.15) is 28.8 Å². The van der Waals surface area contributed by atoms with Crippen molar-refractivity contribution in [2.45, 2.75) is 25.8 Å². The lowest BCUT2D eigenvalue weighted by atomic mass is 9.98. The lowest BCUT2D eigenvalue weighted by Crippen LogP contribution is -2.29. The molecule has 1 N–H and O–H groups in total. The maximum absolute atomic E-state index is 12.3. The second kappa shape index (κ2) is 7.34. The molecule has 1 aromatic heterocycles. The second-order valence-electron chi connectivity index (χ2n) is 6.37. The number of aryl methyl sites for hydroxylation is 1. The van der Waals surface area contributed by atoms with Crippen molar-refractivity contribution < 1.29 is 14.7 Å². The molecule has 1 atom stereocenters.